The summed E-state index contributed by atoms with van der Waals surface area (Å²) in [4.78, 5) is 15.9. The molecule has 1 aromatic carbocycles. The predicted octanol–water partition coefficient (Wildman–Crippen LogP) is 3.53. The molecule has 0 saturated carbocycles. The van der Waals surface area contributed by atoms with Crippen molar-refractivity contribution in [2.24, 2.45) is 0 Å². The molecule has 1 heterocycles. The third-order valence-electron chi connectivity index (χ3n) is 3.25. The molecule has 0 bridgehead atoms. The Morgan fingerprint density at radius 2 is 1.95 bits per heavy atom. The first-order valence-electron chi connectivity index (χ1n) is 7.47. The first-order chi connectivity index (χ1) is 10.7. The van der Waals surface area contributed by atoms with Gasteiger partial charge in [-0.25, -0.2) is 4.79 Å². The molecule has 0 aliphatic rings. The summed E-state index contributed by atoms with van der Waals surface area (Å²) < 4.78 is 0. The van der Waals surface area contributed by atoms with Crippen molar-refractivity contribution in [2.75, 3.05) is 17.2 Å². The molecule has 2 aromatic rings. The van der Waals surface area contributed by atoms with Gasteiger partial charge in [0.15, 0.2) is 0 Å². The normalized spacial score (nSPS) is 10.1. The lowest BCUT2D eigenvalue weighted by atomic mass is 10.2. The number of hydrogen-bond donors (Lipinski definition) is 3. The van der Waals surface area contributed by atoms with Crippen LogP contribution in [0.25, 0.3) is 0 Å². The molecule has 0 saturated heterocycles. The molecule has 2 rings (SSSR count). The predicted molar refractivity (Wildman–Crippen MR) is 90.1 cm³/mol. The number of nitrogens with zero attached hydrogens (tertiary/aromatic N) is 1. The Kier molecular flexibility index (Phi) is 5.77. The van der Waals surface area contributed by atoms with E-state index in [0.29, 0.717) is 6.54 Å². The monoisotopic (exact) mass is 298 g/mol. The smallest absolute Gasteiger partial charge is 0.319 e. The van der Waals surface area contributed by atoms with E-state index in [-0.39, 0.29) is 6.03 Å². The first kappa shape index (κ1) is 15.8. The van der Waals surface area contributed by atoms with Gasteiger partial charge in [0.1, 0.15) is 0 Å². The zero-order chi connectivity index (χ0) is 15.8. The van der Waals surface area contributed by atoms with Crippen LogP contribution in [0, 0.1) is 6.92 Å². The number of carbonyl (C=O) groups excluding carboxylic acids is 1. The molecular formula is C17H22N4O. The van der Waals surface area contributed by atoms with Crippen molar-refractivity contribution in [3.8, 4) is 0 Å². The van der Waals surface area contributed by atoms with Crippen molar-refractivity contribution in [1.82, 2.24) is 10.3 Å². The minimum absolute atomic E-state index is 0.220. The van der Waals surface area contributed by atoms with Gasteiger partial charge in [-0.2, -0.15) is 0 Å². The number of anilines is 2. The summed E-state index contributed by atoms with van der Waals surface area (Å²) in [6.07, 6.45) is 4.47. The van der Waals surface area contributed by atoms with Crippen LogP contribution in [-0.2, 0) is 6.54 Å². The maximum Gasteiger partial charge on any atom is 0.319 e. The third kappa shape index (κ3) is 4.77. The molecule has 22 heavy (non-hydrogen) atoms. The highest BCUT2D eigenvalue weighted by Crippen LogP contribution is 2.12. The largest absolute Gasteiger partial charge is 0.385 e. The fourth-order valence-electron chi connectivity index (χ4n) is 1.97. The van der Waals surface area contributed by atoms with Crippen LogP contribution in [0.2, 0.25) is 0 Å². The van der Waals surface area contributed by atoms with Gasteiger partial charge in [-0.3, -0.25) is 4.98 Å². The highest BCUT2D eigenvalue weighted by molar-refractivity contribution is 5.89. The molecule has 1 aromatic heterocycles. The molecule has 3 N–H and O–H groups in total. The number of aryl methyl sites for hydroxylation is 1. The number of rotatable bonds is 6. The molecular weight excluding hydrogens is 276 g/mol. The number of nitrogens with one attached hydrogen (secondary N) is 3. The van der Waals surface area contributed by atoms with Crippen LogP contribution in [0.1, 0.15) is 24.5 Å². The number of aromatic nitrogens is 1. The summed E-state index contributed by atoms with van der Waals surface area (Å²) in [5.41, 5.74) is 3.86. The summed E-state index contributed by atoms with van der Waals surface area (Å²) in [5.74, 6) is 0. The number of benzene rings is 1. The SMILES string of the molecule is CCCNc1ccc(CNC(=O)Nc2ccncc2C)cc1. The van der Waals surface area contributed by atoms with E-state index in [9.17, 15) is 4.79 Å². The van der Waals surface area contributed by atoms with Gasteiger partial charge in [0.05, 0.1) is 0 Å². The standard InChI is InChI=1S/C17H22N4O/c1-3-9-19-15-6-4-14(5-7-15)12-20-17(22)21-16-8-10-18-11-13(16)2/h4-8,10-11,19H,3,9,12H2,1-2H3,(H2,18,20,21,22). The van der Waals surface area contributed by atoms with Crippen LogP contribution in [0.3, 0.4) is 0 Å². The van der Waals surface area contributed by atoms with E-state index in [4.69, 9.17) is 0 Å². The second-order valence-corrected chi connectivity index (χ2v) is 5.12. The van der Waals surface area contributed by atoms with E-state index in [1.165, 1.54) is 0 Å². The molecule has 0 aliphatic heterocycles. The maximum absolute atomic E-state index is 11.9. The summed E-state index contributed by atoms with van der Waals surface area (Å²) in [7, 11) is 0. The summed E-state index contributed by atoms with van der Waals surface area (Å²) in [6, 6.07) is 9.63. The Balaban J connectivity index is 1.82. The van der Waals surface area contributed by atoms with E-state index in [1.807, 2.05) is 31.2 Å². The second-order valence-electron chi connectivity index (χ2n) is 5.12. The topological polar surface area (TPSA) is 66.0 Å². The van der Waals surface area contributed by atoms with Crippen molar-refractivity contribution in [2.45, 2.75) is 26.8 Å². The lowest BCUT2D eigenvalue weighted by molar-refractivity contribution is 0.251. The van der Waals surface area contributed by atoms with Crippen molar-refractivity contribution in [3.63, 3.8) is 0 Å². The lowest BCUT2D eigenvalue weighted by Gasteiger charge is -2.10. The van der Waals surface area contributed by atoms with E-state index < -0.39 is 0 Å². The highest BCUT2D eigenvalue weighted by Gasteiger charge is 2.04. The summed E-state index contributed by atoms with van der Waals surface area (Å²) in [6.45, 7) is 5.49. The van der Waals surface area contributed by atoms with Gasteiger partial charge >= 0.3 is 6.03 Å². The highest BCUT2D eigenvalue weighted by atomic mass is 16.2. The summed E-state index contributed by atoms with van der Waals surface area (Å²) >= 11 is 0. The van der Waals surface area contributed by atoms with E-state index >= 15 is 0 Å². The van der Waals surface area contributed by atoms with Gasteiger partial charge in [-0.15, -0.1) is 0 Å². The number of hydrogen-bond acceptors (Lipinski definition) is 3. The molecule has 0 unspecified atom stereocenters. The number of pyridine rings is 1. The Labute approximate surface area is 131 Å². The fourth-order valence-corrected chi connectivity index (χ4v) is 1.97. The van der Waals surface area contributed by atoms with E-state index in [1.54, 1.807) is 18.5 Å². The molecule has 116 valence electrons. The molecule has 0 fully saturated rings. The number of amides is 2. The number of carbonyl (C=O) groups is 1. The van der Waals surface area contributed by atoms with Crippen LogP contribution >= 0.6 is 0 Å². The van der Waals surface area contributed by atoms with Crippen LogP contribution in [0.15, 0.2) is 42.7 Å². The van der Waals surface area contributed by atoms with E-state index in [2.05, 4.69) is 27.9 Å². The van der Waals surface area contributed by atoms with Crippen LogP contribution in [-0.4, -0.2) is 17.6 Å². The Hall–Kier alpha value is -2.56. The Morgan fingerprint density at radius 3 is 2.64 bits per heavy atom. The van der Waals surface area contributed by atoms with Gasteiger partial charge in [0.25, 0.3) is 0 Å². The third-order valence-corrected chi connectivity index (χ3v) is 3.25. The van der Waals surface area contributed by atoms with Crippen LogP contribution < -0.4 is 16.0 Å². The second kappa shape index (κ2) is 8.02. The summed E-state index contributed by atoms with van der Waals surface area (Å²) in [5, 5.41) is 8.98. The average molecular weight is 298 g/mol. The van der Waals surface area contributed by atoms with Crippen LogP contribution in [0.4, 0.5) is 16.2 Å². The molecule has 5 nitrogen and oxygen atoms in total. The fraction of sp³-hybridized carbons (Fsp3) is 0.294. The quantitative estimate of drug-likeness (QED) is 0.764. The lowest BCUT2D eigenvalue weighted by Crippen LogP contribution is -2.28. The van der Waals surface area contributed by atoms with Crippen LogP contribution in [0.5, 0.6) is 0 Å². The van der Waals surface area contributed by atoms with E-state index in [0.717, 1.165) is 35.5 Å². The molecule has 5 heteroatoms. The molecule has 0 atom stereocenters. The van der Waals surface area contributed by atoms with Gasteiger partial charge < -0.3 is 16.0 Å². The first-order valence-corrected chi connectivity index (χ1v) is 7.47. The molecule has 0 aliphatic carbocycles. The minimum atomic E-state index is -0.220. The zero-order valence-electron chi connectivity index (χ0n) is 13.0. The van der Waals surface area contributed by atoms with Crippen molar-refractivity contribution in [1.29, 1.82) is 0 Å². The van der Waals surface area contributed by atoms with Crippen molar-refractivity contribution in [3.05, 3.63) is 53.9 Å². The zero-order valence-corrected chi connectivity index (χ0v) is 13.0. The van der Waals surface area contributed by atoms with Crippen molar-refractivity contribution >= 4 is 17.4 Å². The van der Waals surface area contributed by atoms with Crippen molar-refractivity contribution < 1.29 is 4.79 Å². The maximum atomic E-state index is 11.9. The van der Waals surface area contributed by atoms with Gasteiger partial charge in [0.2, 0.25) is 0 Å². The van der Waals surface area contributed by atoms with Gasteiger partial charge in [0, 0.05) is 36.9 Å². The minimum Gasteiger partial charge on any atom is -0.385 e. The molecule has 0 spiro atoms. The van der Waals surface area contributed by atoms with Gasteiger partial charge in [-0.1, -0.05) is 19.1 Å². The van der Waals surface area contributed by atoms with Gasteiger partial charge in [-0.05, 0) is 42.7 Å². The Bertz CT molecular complexity index is 610. The number of urea groups is 1. The Morgan fingerprint density at radius 1 is 1.18 bits per heavy atom. The molecule has 0 radical (unpaired) electrons. The average Bonchev–Trinajstić information content (AvgIpc) is 2.54. The molecule has 2 amide bonds.